The third kappa shape index (κ3) is 4.31. The Balaban J connectivity index is 2.20. The summed E-state index contributed by atoms with van der Waals surface area (Å²) in [6, 6.07) is 10.6. The van der Waals surface area contributed by atoms with Gasteiger partial charge in [-0.2, -0.15) is 24.9 Å². The topological polar surface area (TPSA) is 65.4 Å². The minimum absolute atomic E-state index is 0.120. The molecule has 9 heteroatoms. The molecule has 3 rings (SSSR count). The van der Waals surface area contributed by atoms with E-state index in [4.69, 9.17) is 11.6 Å². The molecule has 0 radical (unpaired) electrons. The van der Waals surface area contributed by atoms with Crippen molar-refractivity contribution in [2.24, 2.45) is 0 Å². The lowest BCUT2D eigenvalue weighted by Crippen LogP contribution is -2.54. The largest absolute Gasteiger partial charge is 0.508 e. The normalized spacial score (nSPS) is 15.0. The molecule has 0 saturated heterocycles. The number of nitrogens with zero attached hydrogens (tertiary/aromatic N) is 1. The molecule has 0 saturated carbocycles. The molecule has 160 valence electrons. The second kappa shape index (κ2) is 8.53. The first-order chi connectivity index (χ1) is 14.1. The highest BCUT2D eigenvalue weighted by Crippen LogP contribution is 2.46. The molecule has 2 unspecified atom stereocenters. The van der Waals surface area contributed by atoms with Gasteiger partial charge in [-0.05, 0) is 49.6 Å². The molecular formula is C21H20ClF3N2O2S. The molecule has 0 amide bonds. The van der Waals surface area contributed by atoms with Crippen molar-refractivity contribution in [1.29, 1.82) is 0 Å². The average molecular weight is 457 g/mol. The summed E-state index contributed by atoms with van der Waals surface area (Å²) in [6.07, 6.45) is -3.50. The Morgan fingerprint density at radius 2 is 1.90 bits per heavy atom. The van der Waals surface area contributed by atoms with Gasteiger partial charge in [0.2, 0.25) is 0 Å². The number of thioether (sulfide) groups is 1. The number of fused-ring (bicyclic) bond motifs is 1. The molecule has 3 N–H and O–H groups in total. The second-order valence-electron chi connectivity index (χ2n) is 6.96. The fourth-order valence-corrected chi connectivity index (χ4v) is 4.24. The predicted molar refractivity (Wildman–Crippen MR) is 115 cm³/mol. The molecule has 0 fully saturated rings. The number of rotatable bonds is 6. The highest BCUT2D eigenvalue weighted by molar-refractivity contribution is 7.98. The molecular weight excluding hydrogens is 437 g/mol. The zero-order chi connectivity index (χ0) is 22.1. The number of aromatic nitrogens is 1. The van der Waals surface area contributed by atoms with Gasteiger partial charge in [0.05, 0.1) is 11.6 Å². The van der Waals surface area contributed by atoms with Gasteiger partial charge in [-0.15, -0.1) is 0 Å². The van der Waals surface area contributed by atoms with Crippen molar-refractivity contribution in [1.82, 2.24) is 4.98 Å². The SMILES string of the molecule is CSCC(O)(C(Nc1cccc2nc(C)ccc12)c1ccc(Cl)cc1O)C(F)(F)F. The van der Waals surface area contributed by atoms with Crippen LogP contribution in [-0.2, 0) is 0 Å². The Labute approximate surface area is 181 Å². The molecule has 2 atom stereocenters. The quantitative estimate of drug-likeness (QED) is 0.443. The van der Waals surface area contributed by atoms with Crippen molar-refractivity contribution in [2.45, 2.75) is 24.7 Å². The zero-order valence-electron chi connectivity index (χ0n) is 16.2. The maximum atomic E-state index is 14.1. The molecule has 0 aliphatic heterocycles. The summed E-state index contributed by atoms with van der Waals surface area (Å²) in [5, 5.41) is 24.8. The molecule has 0 bridgehead atoms. The molecule has 0 spiro atoms. The van der Waals surface area contributed by atoms with Crippen LogP contribution in [0.3, 0.4) is 0 Å². The van der Waals surface area contributed by atoms with Gasteiger partial charge in [-0.25, -0.2) is 0 Å². The van der Waals surface area contributed by atoms with Crippen LogP contribution in [0.4, 0.5) is 18.9 Å². The van der Waals surface area contributed by atoms with E-state index in [1.54, 1.807) is 30.3 Å². The summed E-state index contributed by atoms with van der Waals surface area (Å²) in [7, 11) is 0. The van der Waals surface area contributed by atoms with Gasteiger partial charge in [0.15, 0.2) is 5.60 Å². The lowest BCUT2D eigenvalue weighted by Gasteiger charge is -2.38. The maximum Gasteiger partial charge on any atom is 0.420 e. The number of aromatic hydroxyl groups is 1. The minimum Gasteiger partial charge on any atom is -0.508 e. The fraction of sp³-hybridized carbons (Fsp3) is 0.286. The lowest BCUT2D eigenvalue weighted by molar-refractivity contribution is -0.256. The highest BCUT2D eigenvalue weighted by atomic mass is 35.5. The molecule has 0 aliphatic carbocycles. The molecule has 2 aromatic carbocycles. The first-order valence-electron chi connectivity index (χ1n) is 8.96. The van der Waals surface area contributed by atoms with Crippen LogP contribution in [0.1, 0.15) is 17.3 Å². The molecule has 1 heterocycles. The van der Waals surface area contributed by atoms with Gasteiger partial charge in [-0.3, -0.25) is 4.98 Å². The summed E-state index contributed by atoms with van der Waals surface area (Å²) in [5.74, 6) is -1.09. The summed E-state index contributed by atoms with van der Waals surface area (Å²) in [5.41, 5.74) is -1.58. The number of anilines is 1. The van der Waals surface area contributed by atoms with Crippen LogP contribution in [0.25, 0.3) is 10.9 Å². The van der Waals surface area contributed by atoms with E-state index in [9.17, 15) is 23.4 Å². The number of phenols is 1. The predicted octanol–water partition coefficient (Wildman–Crippen LogP) is 5.71. The number of benzene rings is 2. The Morgan fingerprint density at radius 1 is 1.17 bits per heavy atom. The number of pyridine rings is 1. The molecule has 1 aromatic heterocycles. The van der Waals surface area contributed by atoms with Crippen LogP contribution < -0.4 is 5.32 Å². The minimum atomic E-state index is -4.97. The van der Waals surface area contributed by atoms with Crippen LogP contribution in [0.2, 0.25) is 5.02 Å². The zero-order valence-corrected chi connectivity index (χ0v) is 17.7. The van der Waals surface area contributed by atoms with Gasteiger partial charge in [0.25, 0.3) is 0 Å². The molecule has 0 aliphatic rings. The van der Waals surface area contributed by atoms with E-state index in [-0.39, 0.29) is 10.6 Å². The molecule has 4 nitrogen and oxygen atoms in total. The van der Waals surface area contributed by atoms with E-state index in [1.807, 2.05) is 6.92 Å². The standard InChI is InChI=1S/C21H20ClF3N2O2S/c1-12-6-8-14-16(26-12)4-3-5-17(14)27-19(15-9-7-13(22)10-18(15)28)20(29,11-30-2)21(23,24)25/h3-10,19,27-29H,11H2,1-2H3. The third-order valence-corrected chi connectivity index (χ3v) is 5.77. The molecule has 3 aromatic rings. The number of nitrogens with one attached hydrogen (secondary N) is 1. The van der Waals surface area contributed by atoms with Gasteiger partial charge >= 0.3 is 6.18 Å². The van der Waals surface area contributed by atoms with Crippen LogP contribution in [0.5, 0.6) is 5.75 Å². The van der Waals surface area contributed by atoms with E-state index in [2.05, 4.69) is 10.3 Å². The van der Waals surface area contributed by atoms with Crippen LogP contribution in [-0.4, -0.2) is 39.0 Å². The van der Waals surface area contributed by atoms with Crippen molar-refractivity contribution in [3.8, 4) is 5.75 Å². The van der Waals surface area contributed by atoms with Gasteiger partial charge in [0.1, 0.15) is 5.75 Å². The number of alkyl halides is 3. The van der Waals surface area contributed by atoms with Crippen LogP contribution >= 0.6 is 23.4 Å². The number of aryl methyl sites for hydroxylation is 1. The summed E-state index contributed by atoms with van der Waals surface area (Å²) in [4.78, 5) is 4.40. The van der Waals surface area contributed by atoms with E-state index in [1.165, 1.54) is 18.4 Å². The monoisotopic (exact) mass is 456 g/mol. The van der Waals surface area contributed by atoms with Crippen LogP contribution in [0, 0.1) is 6.92 Å². The van der Waals surface area contributed by atoms with Crippen molar-refractivity contribution >= 4 is 40.0 Å². The number of halogens is 4. The Bertz CT molecular complexity index is 1060. The third-order valence-electron chi connectivity index (χ3n) is 4.81. The van der Waals surface area contributed by atoms with E-state index >= 15 is 0 Å². The second-order valence-corrected chi connectivity index (χ2v) is 8.26. The Hall–Kier alpha value is -2.16. The van der Waals surface area contributed by atoms with Crippen molar-refractivity contribution in [2.75, 3.05) is 17.3 Å². The summed E-state index contributed by atoms with van der Waals surface area (Å²) in [6.45, 7) is 1.81. The van der Waals surface area contributed by atoms with E-state index in [0.717, 1.165) is 23.5 Å². The smallest absolute Gasteiger partial charge is 0.420 e. The van der Waals surface area contributed by atoms with Crippen LogP contribution in [0.15, 0.2) is 48.5 Å². The average Bonchev–Trinajstić information content (AvgIpc) is 2.65. The van der Waals surface area contributed by atoms with Crippen molar-refractivity contribution in [3.63, 3.8) is 0 Å². The van der Waals surface area contributed by atoms with Gasteiger partial charge in [0, 0.05) is 33.1 Å². The van der Waals surface area contributed by atoms with Gasteiger partial charge < -0.3 is 15.5 Å². The summed E-state index contributed by atoms with van der Waals surface area (Å²) < 4.78 is 42.3. The Kier molecular flexibility index (Phi) is 6.40. The number of aliphatic hydroxyl groups is 1. The molecule has 30 heavy (non-hydrogen) atoms. The lowest BCUT2D eigenvalue weighted by atomic mass is 9.88. The number of hydrogen-bond donors (Lipinski definition) is 3. The summed E-state index contributed by atoms with van der Waals surface area (Å²) >= 11 is 6.72. The van der Waals surface area contributed by atoms with Gasteiger partial charge in [-0.1, -0.05) is 23.7 Å². The maximum absolute atomic E-state index is 14.1. The number of hydrogen-bond acceptors (Lipinski definition) is 5. The number of phenolic OH excluding ortho intramolecular Hbond substituents is 1. The van der Waals surface area contributed by atoms with Crippen molar-refractivity contribution < 1.29 is 23.4 Å². The highest BCUT2D eigenvalue weighted by Gasteiger charge is 2.59. The first-order valence-corrected chi connectivity index (χ1v) is 10.7. The van der Waals surface area contributed by atoms with E-state index in [0.29, 0.717) is 16.6 Å². The van der Waals surface area contributed by atoms with E-state index < -0.39 is 29.3 Å². The fourth-order valence-electron chi connectivity index (χ4n) is 3.30. The van der Waals surface area contributed by atoms with Crippen molar-refractivity contribution in [3.05, 3.63) is 64.8 Å². The first kappa shape index (κ1) is 22.5. The Morgan fingerprint density at radius 3 is 2.53 bits per heavy atom.